The maximum absolute atomic E-state index is 13.1. The van der Waals surface area contributed by atoms with Crippen LogP contribution < -0.4 is 16.0 Å². The summed E-state index contributed by atoms with van der Waals surface area (Å²) >= 11 is 0. The number of anilines is 1. The van der Waals surface area contributed by atoms with Gasteiger partial charge in [0.1, 0.15) is 17.2 Å². The molecular formula is C23H25FN4O2. The predicted molar refractivity (Wildman–Crippen MR) is 114 cm³/mol. The first kappa shape index (κ1) is 20.1. The van der Waals surface area contributed by atoms with E-state index in [-0.39, 0.29) is 28.8 Å². The van der Waals surface area contributed by atoms with Crippen molar-refractivity contribution in [1.29, 1.82) is 0 Å². The van der Waals surface area contributed by atoms with Crippen LogP contribution in [0.2, 0.25) is 0 Å². The van der Waals surface area contributed by atoms with Crippen LogP contribution in [0.4, 0.5) is 10.1 Å². The molecule has 4 rings (SSSR count). The molecule has 1 saturated heterocycles. The van der Waals surface area contributed by atoms with Crippen molar-refractivity contribution in [2.75, 3.05) is 44.2 Å². The Balaban J connectivity index is 1.25. The Morgan fingerprint density at radius 2 is 1.53 bits per heavy atom. The number of nitrogens with one attached hydrogen (secondary N) is 1. The van der Waals surface area contributed by atoms with Crippen LogP contribution in [0.25, 0.3) is 0 Å². The third-order valence-electron chi connectivity index (χ3n) is 5.67. The van der Waals surface area contributed by atoms with Gasteiger partial charge in [0.15, 0.2) is 0 Å². The number of allylic oxidation sites excluding steroid dienone is 2. The van der Waals surface area contributed by atoms with Gasteiger partial charge in [0.05, 0.1) is 0 Å². The Labute approximate surface area is 175 Å². The van der Waals surface area contributed by atoms with Gasteiger partial charge in [-0.25, -0.2) is 4.39 Å². The lowest BCUT2D eigenvalue weighted by atomic mass is 9.90. The molecular weight excluding hydrogens is 383 g/mol. The second-order valence-corrected chi connectivity index (χ2v) is 7.58. The zero-order valence-corrected chi connectivity index (χ0v) is 16.7. The molecule has 30 heavy (non-hydrogen) atoms. The number of hydrogen-bond donors (Lipinski definition) is 2. The minimum Gasteiger partial charge on any atom is -0.394 e. The normalized spacial score (nSPS) is 17.3. The highest BCUT2D eigenvalue weighted by Crippen LogP contribution is 2.22. The molecule has 156 valence electrons. The number of rotatable bonds is 6. The number of halogens is 1. The van der Waals surface area contributed by atoms with Gasteiger partial charge in [0.2, 0.25) is 11.6 Å². The van der Waals surface area contributed by atoms with E-state index in [1.165, 1.54) is 12.1 Å². The molecule has 1 heterocycles. The van der Waals surface area contributed by atoms with Crippen LogP contribution in [0, 0.1) is 5.82 Å². The summed E-state index contributed by atoms with van der Waals surface area (Å²) in [5.74, 6) is -0.748. The Hall–Kier alpha value is -3.19. The van der Waals surface area contributed by atoms with E-state index in [0.29, 0.717) is 17.7 Å². The van der Waals surface area contributed by atoms with Crippen molar-refractivity contribution in [3.8, 4) is 0 Å². The molecule has 1 aliphatic carbocycles. The van der Waals surface area contributed by atoms with Gasteiger partial charge in [-0.15, -0.1) is 0 Å². The molecule has 6 nitrogen and oxygen atoms in total. The van der Waals surface area contributed by atoms with E-state index in [9.17, 15) is 14.0 Å². The first-order valence-electron chi connectivity index (χ1n) is 10.2. The smallest absolute Gasteiger partial charge is 0.211 e. The molecule has 2 aromatic rings. The van der Waals surface area contributed by atoms with Crippen LogP contribution in [0.3, 0.4) is 0 Å². The molecule has 0 saturated carbocycles. The first-order valence-corrected chi connectivity index (χ1v) is 10.2. The van der Waals surface area contributed by atoms with Gasteiger partial charge in [-0.05, 0) is 37.2 Å². The molecule has 1 fully saturated rings. The van der Waals surface area contributed by atoms with Gasteiger partial charge in [0.25, 0.3) is 0 Å². The summed E-state index contributed by atoms with van der Waals surface area (Å²) in [7, 11) is 0. The van der Waals surface area contributed by atoms with Gasteiger partial charge in [0, 0.05) is 49.5 Å². The lowest BCUT2D eigenvalue weighted by Gasteiger charge is -2.36. The molecule has 0 aromatic heterocycles. The fourth-order valence-corrected chi connectivity index (χ4v) is 3.97. The van der Waals surface area contributed by atoms with Crippen LogP contribution in [0.15, 0.2) is 59.9 Å². The van der Waals surface area contributed by atoms with Crippen LogP contribution in [-0.2, 0) is 0 Å². The molecule has 2 aromatic carbocycles. The molecule has 0 spiro atoms. The summed E-state index contributed by atoms with van der Waals surface area (Å²) in [4.78, 5) is 29.7. The van der Waals surface area contributed by atoms with Gasteiger partial charge < -0.3 is 16.0 Å². The molecule has 0 atom stereocenters. The van der Waals surface area contributed by atoms with Gasteiger partial charge >= 0.3 is 0 Å². The summed E-state index contributed by atoms with van der Waals surface area (Å²) in [5.41, 5.74) is 7.95. The highest BCUT2D eigenvalue weighted by atomic mass is 19.1. The van der Waals surface area contributed by atoms with E-state index >= 15 is 0 Å². The first-order chi connectivity index (χ1) is 14.5. The summed E-state index contributed by atoms with van der Waals surface area (Å²) < 4.78 is 13.1. The summed E-state index contributed by atoms with van der Waals surface area (Å²) in [6.07, 6.45) is 0.830. The second-order valence-electron chi connectivity index (χ2n) is 7.58. The van der Waals surface area contributed by atoms with Gasteiger partial charge in [-0.3, -0.25) is 14.5 Å². The largest absolute Gasteiger partial charge is 0.394 e. The van der Waals surface area contributed by atoms with Crippen molar-refractivity contribution >= 4 is 17.3 Å². The number of fused-ring (bicyclic) bond motifs is 1. The monoisotopic (exact) mass is 408 g/mol. The van der Waals surface area contributed by atoms with E-state index < -0.39 is 0 Å². The molecule has 2 aliphatic rings. The highest BCUT2D eigenvalue weighted by Gasteiger charge is 2.30. The lowest BCUT2D eigenvalue weighted by molar-refractivity contribution is 0.0967. The Morgan fingerprint density at radius 3 is 2.20 bits per heavy atom. The Bertz CT molecular complexity index is 979. The number of benzene rings is 2. The number of carbonyl (C=O) groups excluding carboxylic acids is 2. The SMILES string of the molecule is NC1=C(NCCCN2CCN(c3ccc(F)cc3)CC2)C(=O)c2ccccc2C1=O. The van der Waals surface area contributed by atoms with Crippen LogP contribution >= 0.6 is 0 Å². The molecule has 7 heteroatoms. The summed E-state index contributed by atoms with van der Waals surface area (Å²) in [5, 5.41) is 3.08. The van der Waals surface area contributed by atoms with E-state index in [1.54, 1.807) is 24.3 Å². The topological polar surface area (TPSA) is 78.7 Å². The zero-order chi connectivity index (χ0) is 21.1. The Kier molecular flexibility index (Phi) is 5.81. The van der Waals surface area contributed by atoms with Crippen molar-refractivity contribution in [1.82, 2.24) is 10.2 Å². The maximum atomic E-state index is 13.1. The fourth-order valence-electron chi connectivity index (χ4n) is 3.97. The fraction of sp³-hybridized carbons (Fsp3) is 0.304. The lowest BCUT2D eigenvalue weighted by Crippen LogP contribution is -2.47. The minimum atomic E-state index is -0.301. The van der Waals surface area contributed by atoms with E-state index in [1.807, 2.05) is 12.1 Å². The van der Waals surface area contributed by atoms with E-state index in [0.717, 1.165) is 44.8 Å². The van der Waals surface area contributed by atoms with Gasteiger partial charge in [-0.1, -0.05) is 24.3 Å². The second kappa shape index (κ2) is 8.67. The van der Waals surface area contributed by atoms with Crippen LogP contribution in [0.5, 0.6) is 0 Å². The van der Waals surface area contributed by atoms with Crippen LogP contribution in [-0.4, -0.2) is 55.7 Å². The third-order valence-corrected chi connectivity index (χ3v) is 5.67. The number of Topliss-reactive ketones (excluding diaryl/α,β-unsaturated/α-hetero) is 2. The number of carbonyl (C=O) groups is 2. The standard InChI is InChI=1S/C23H25FN4O2/c24-16-6-8-17(9-7-16)28-14-12-27(13-15-28)11-3-10-26-21-20(25)22(29)18-4-1-2-5-19(18)23(21)30/h1-2,4-9,26H,3,10-15,25H2. The van der Waals surface area contributed by atoms with E-state index in [4.69, 9.17) is 5.73 Å². The molecule has 1 aliphatic heterocycles. The third kappa shape index (κ3) is 4.07. The van der Waals surface area contributed by atoms with E-state index in [2.05, 4.69) is 15.1 Å². The van der Waals surface area contributed by atoms with Crippen molar-refractivity contribution in [3.63, 3.8) is 0 Å². The zero-order valence-electron chi connectivity index (χ0n) is 16.7. The van der Waals surface area contributed by atoms with Crippen LogP contribution in [0.1, 0.15) is 27.1 Å². The number of ketones is 2. The quantitative estimate of drug-likeness (QED) is 0.714. The predicted octanol–water partition coefficient (Wildman–Crippen LogP) is 2.18. The number of nitrogens with zero attached hydrogens (tertiary/aromatic N) is 2. The number of hydrogen-bond acceptors (Lipinski definition) is 6. The average molecular weight is 408 g/mol. The average Bonchev–Trinajstić information content (AvgIpc) is 2.78. The van der Waals surface area contributed by atoms with Gasteiger partial charge in [-0.2, -0.15) is 0 Å². The molecule has 0 radical (unpaired) electrons. The Morgan fingerprint density at radius 1 is 0.900 bits per heavy atom. The highest BCUT2D eigenvalue weighted by molar-refractivity contribution is 6.26. The molecule has 0 amide bonds. The maximum Gasteiger partial charge on any atom is 0.211 e. The van der Waals surface area contributed by atoms with Crippen molar-refractivity contribution < 1.29 is 14.0 Å². The minimum absolute atomic E-state index is 0.00777. The summed E-state index contributed by atoms with van der Waals surface area (Å²) in [6.45, 7) is 5.08. The summed E-state index contributed by atoms with van der Waals surface area (Å²) in [6, 6.07) is 13.4. The number of nitrogens with two attached hydrogens (primary N) is 1. The molecule has 3 N–H and O–H groups in total. The molecule has 0 bridgehead atoms. The van der Waals surface area contributed by atoms with Crippen molar-refractivity contribution in [2.24, 2.45) is 5.73 Å². The number of piperazine rings is 1. The van der Waals surface area contributed by atoms with Crippen molar-refractivity contribution in [2.45, 2.75) is 6.42 Å². The van der Waals surface area contributed by atoms with Crippen molar-refractivity contribution in [3.05, 3.63) is 76.9 Å². The molecule has 0 unspecified atom stereocenters.